The summed E-state index contributed by atoms with van der Waals surface area (Å²) in [7, 11) is 0. The van der Waals surface area contributed by atoms with Crippen molar-refractivity contribution in [3.63, 3.8) is 0 Å². The third kappa shape index (κ3) is 6.31. The lowest BCUT2D eigenvalue weighted by Gasteiger charge is -2.10. The Hall–Kier alpha value is -2.70. The molecule has 0 aliphatic carbocycles. The molecule has 6 nitrogen and oxygen atoms in total. The number of rotatable bonds is 9. The van der Waals surface area contributed by atoms with E-state index in [1.54, 1.807) is 5.48 Å². The summed E-state index contributed by atoms with van der Waals surface area (Å²) in [5.41, 5.74) is 5.48. The molecule has 0 bridgehead atoms. The van der Waals surface area contributed by atoms with Crippen molar-refractivity contribution in [2.75, 3.05) is 11.9 Å². The van der Waals surface area contributed by atoms with Crippen molar-refractivity contribution in [1.82, 2.24) is 5.48 Å². The lowest BCUT2D eigenvalue weighted by molar-refractivity contribution is -0.128. The van der Waals surface area contributed by atoms with Gasteiger partial charge < -0.3 is 10.4 Å². The minimum absolute atomic E-state index is 0.160. The summed E-state index contributed by atoms with van der Waals surface area (Å²) in [4.78, 5) is 22.5. The van der Waals surface area contributed by atoms with Crippen molar-refractivity contribution >= 4 is 17.5 Å². The molecule has 0 aliphatic rings. The standard InChI is InChI=1S/C20H24N2O4/c23-14-20(25)21-18-8-4-3-7-17(18)6-2-1-5-15-9-11-16(12-10-15)13-19(24)22-26/h3-4,7-12,23,26H,1-2,5-6,13-14H2,(H,21,25)(H,22,24). The number of hydroxylamine groups is 1. The van der Waals surface area contributed by atoms with Crippen molar-refractivity contribution in [2.45, 2.75) is 32.1 Å². The quantitative estimate of drug-likeness (QED) is 0.315. The highest BCUT2D eigenvalue weighted by Crippen LogP contribution is 2.18. The van der Waals surface area contributed by atoms with Crippen LogP contribution in [0, 0.1) is 0 Å². The molecule has 0 spiro atoms. The number of aliphatic hydroxyl groups excluding tert-OH is 1. The van der Waals surface area contributed by atoms with Gasteiger partial charge in [0.25, 0.3) is 0 Å². The third-order valence-electron chi connectivity index (χ3n) is 4.11. The molecule has 2 aromatic rings. The average Bonchev–Trinajstić information content (AvgIpc) is 2.67. The monoisotopic (exact) mass is 356 g/mol. The van der Waals surface area contributed by atoms with E-state index in [9.17, 15) is 9.59 Å². The van der Waals surface area contributed by atoms with Crippen LogP contribution < -0.4 is 10.8 Å². The van der Waals surface area contributed by atoms with Gasteiger partial charge in [0.1, 0.15) is 6.61 Å². The zero-order valence-electron chi connectivity index (χ0n) is 14.6. The van der Waals surface area contributed by atoms with E-state index in [4.69, 9.17) is 10.3 Å². The van der Waals surface area contributed by atoms with E-state index in [2.05, 4.69) is 5.32 Å². The number of aryl methyl sites for hydroxylation is 2. The van der Waals surface area contributed by atoms with E-state index in [1.165, 1.54) is 5.56 Å². The first-order valence-corrected chi connectivity index (χ1v) is 8.61. The molecular weight excluding hydrogens is 332 g/mol. The maximum atomic E-state index is 11.4. The van der Waals surface area contributed by atoms with E-state index in [1.807, 2.05) is 48.5 Å². The second-order valence-corrected chi connectivity index (χ2v) is 6.10. The molecule has 6 heteroatoms. The Balaban J connectivity index is 1.80. The van der Waals surface area contributed by atoms with Gasteiger partial charge in [0, 0.05) is 5.69 Å². The summed E-state index contributed by atoms with van der Waals surface area (Å²) < 4.78 is 0. The molecule has 26 heavy (non-hydrogen) atoms. The Morgan fingerprint density at radius 1 is 0.846 bits per heavy atom. The fourth-order valence-corrected chi connectivity index (χ4v) is 2.74. The number of para-hydroxylation sites is 1. The van der Waals surface area contributed by atoms with Crippen LogP contribution in [0.5, 0.6) is 0 Å². The number of benzene rings is 2. The minimum atomic E-state index is -0.524. The van der Waals surface area contributed by atoms with Crippen LogP contribution in [0.2, 0.25) is 0 Å². The van der Waals surface area contributed by atoms with Gasteiger partial charge in [0.2, 0.25) is 11.8 Å². The fraction of sp³-hybridized carbons (Fsp3) is 0.300. The lowest BCUT2D eigenvalue weighted by atomic mass is 10.0. The molecule has 0 radical (unpaired) electrons. The molecule has 0 saturated heterocycles. The molecular formula is C20H24N2O4. The first kappa shape index (κ1) is 19.6. The fourth-order valence-electron chi connectivity index (χ4n) is 2.74. The number of nitrogens with one attached hydrogen (secondary N) is 2. The van der Waals surface area contributed by atoms with Gasteiger partial charge in [-0.3, -0.25) is 14.8 Å². The number of unbranched alkanes of at least 4 members (excludes halogenated alkanes) is 1. The number of amides is 2. The molecule has 2 aromatic carbocycles. The second-order valence-electron chi connectivity index (χ2n) is 6.10. The number of hydrogen-bond acceptors (Lipinski definition) is 4. The topological polar surface area (TPSA) is 98.7 Å². The van der Waals surface area contributed by atoms with Crippen LogP contribution in [-0.4, -0.2) is 28.7 Å². The Kier molecular flexibility index (Phi) is 7.79. The lowest BCUT2D eigenvalue weighted by Crippen LogP contribution is -2.20. The number of carbonyl (C=O) groups is 2. The molecule has 0 aromatic heterocycles. The van der Waals surface area contributed by atoms with E-state index in [0.717, 1.165) is 42.5 Å². The largest absolute Gasteiger partial charge is 0.387 e. The van der Waals surface area contributed by atoms with Crippen LogP contribution >= 0.6 is 0 Å². The van der Waals surface area contributed by atoms with Gasteiger partial charge in [-0.1, -0.05) is 42.5 Å². The summed E-state index contributed by atoms with van der Waals surface area (Å²) in [5, 5.41) is 20.1. The zero-order chi connectivity index (χ0) is 18.8. The highest BCUT2D eigenvalue weighted by Gasteiger charge is 2.06. The Labute approximate surface area is 152 Å². The molecule has 0 heterocycles. The van der Waals surface area contributed by atoms with Gasteiger partial charge >= 0.3 is 0 Å². The summed E-state index contributed by atoms with van der Waals surface area (Å²) in [6, 6.07) is 15.4. The van der Waals surface area contributed by atoms with Crippen LogP contribution in [0.1, 0.15) is 29.5 Å². The van der Waals surface area contributed by atoms with E-state index < -0.39 is 18.4 Å². The van der Waals surface area contributed by atoms with Crippen molar-refractivity contribution in [3.05, 3.63) is 65.2 Å². The van der Waals surface area contributed by atoms with E-state index in [0.29, 0.717) is 0 Å². The van der Waals surface area contributed by atoms with Crippen molar-refractivity contribution in [3.8, 4) is 0 Å². The van der Waals surface area contributed by atoms with Crippen molar-refractivity contribution < 1.29 is 19.9 Å². The maximum Gasteiger partial charge on any atom is 0.250 e. The van der Waals surface area contributed by atoms with E-state index >= 15 is 0 Å². The van der Waals surface area contributed by atoms with Crippen LogP contribution in [0.4, 0.5) is 5.69 Å². The van der Waals surface area contributed by atoms with E-state index in [-0.39, 0.29) is 6.42 Å². The molecule has 2 rings (SSSR count). The molecule has 4 N–H and O–H groups in total. The SMILES string of the molecule is O=C(Cc1ccc(CCCCc2ccccc2NC(=O)CO)cc1)NO. The number of hydrogen-bond donors (Lipinski definition) is 4. The summed E-state index contributed by atoms with van der Waals surface area (Å²) >= 11 is 0. The molecule has 0 aliphatic heterocycles. The van der Waals surface area contributed by atoms with Crippen LogP contribution in [0.3, 0.4) is 0 Å². The van der Waals surface area contributed by atoms with Gasteiger partial charge in [0.15, 0.2) is 0 Å². The first-order chi connectivity index (χ1) is 12.6. The van der Waals surface area contributed by atoms with Gasteiger partial charge in [-0.15, -0.1) is 0 Å². The Morgan fingerprint density at radius 2 is 1.50 bits per heavy atom. The van der Waals surface area contributed by atoms with Gasteiger partial charge in [-0.25, -0.2) is 5.48 Å². The number of aliphatic hydroxyl groups is 1. The zero-order valence-corrected chi connectivity index (χ0v) is 14.6. The normalized spacial score (nSPS) is 10.4. The van der Waals surface area contributed by atoms with Gasteiger partial charge in [-0.2, -0.15) is 0 Å². The summed E-state index contributed by atoms with van der Waals surface area (Å²) in [6.45, 7) is -0.524. The van der Waals surface area contributed by atoms with Gasteiger partial charge in [0.05, 0.1) is 6.42 Å². The molecule has 2 amide bonds. The number of anilines is 1. The highest BCUT2D eigenvalue weighted by atomic mass is 16.5. The molecule has 0 fully saturated rings. The van der Waals surface area contributed by atoms with Crippen LogP contribution in [-0.2, 0) is 28.9 Å². The number of carbonyl (C=O) groups excluding carboxylic acids is 2. The molecule has 0 saturated carbocycles. The third-order valence-corrected chi connectivity index (χ3v) is 4.11. The highest BCUT2D eigenvalue weighted by molar-refractivity contribution is 5.92. The average molecular weight is 356 g/mol. The Morgan fingerprint density at radius 3 is 2.19 bits per heavy atom. The minimum Gasteiger partial charge on any atom is -0.387 e. The molecule has 138 valence electrons. The molecule has 0 unspecified atom stereocenters. The molecule has 0 atom stereocenters. The predicted molar refractivity (Wildman–Crippen MR) is 98.9 cm³/mol. The van der Waals surface area contributed by atoms with Crippen molar-refractivity contribution in [1.29, 1.82) is 0 Å². The van der Waals surface area contributed by atoms with Crippen molar-refractivity contribution in [2.24, 2.45) is 0 Å². The first-order valence-electron chi connectivity index (χ1n) is 8.61. The maximum absolute atomic E-state index is 11.4. The predicted octanol–water partition coefficient (Wildman–Crippen LogP) is 2.23. The van der Waals surface area contributed by atoms with Gasteiger partial charge in [-0.05, 0) is 48.4 Å². The second kappa shape index (κ2) is 10.3. The summed E-state index contributed by atoms with van der Waals surface area (Å²) in [6.07, 6.45) is 3.90. The Bertz CT molecular complexity index is 729. The smallest absolute Gasteiger partial charge is 0.250 e. The van der Waals surface area contributed by atoms with Crippen LogP contribution in [0.25, 0.3) is 0 Å². The van der Waals surface area contributed by atoms with Crippen LogP contribution in [0.15, 0.2) is 48.5 Å². The summed E-state index contributed by atoms with van der Waals surface area (Å²) in [5.74, 6) is -0.836.